The quantitative estimate of drug-likeness (QED) is 0.309. The van der Waals surface area contributed by atoms with Gasteiger partial charge in [0.1, 0.15) is 12.4 Å². The van der Waals surface area contributed by atoms with Crippen LogP contribution in [0.3, 0.4) is 0 Å². The average molecular weight is 477 g/mol. The van der Waals surface area contributed by atoms with Crippen molar-refractivity contribution in [2.75, 3.05) is 7.11 Å². The second kappa shape index (κ2) is 9.79. The molecule has 4 rings (SSSR count). The van der Waals surface area contributed by atoms with E-state index < -0.39 is 0 Å². The summed E-state index contributed by atoms with van der Waals surface area (Å²) in [5.41, 5.74) is 3.68. The number of nitrogens with one attached hydrogen (secondary N) is 2. The van der Waals surface area contributed by atoms with Crippen molar-refractivity contribution in [2.45, 2.75) is 19.7 Å². The van der Waals surface area contributed by atoms with Crippen LogP contribution < -0.4 is 14.8 Å². The van der Waals surface area contributed by atoms with E-state index >= 15 is 0 Å². The Morgan fingerprint density at radius 2 is 1.71 bits per heavy atom. The molecule has 0 spiro atoms. The molecule has 0 bridgehead atoms. The highest BCUT2D eigenvalue weighted by molar-refractivity contribution is 6.35. The van der Waals surface area contributed by atoms with Gasteiger partial charge in [-0.2, -0.15) is 0 Å². The third kappa shape index (κ3) is 5.25. The zero-order valence-electron chi connectivity index (χ0n) is 16.7. The molecule has 160 valence electrons. The molecule has 0 saturated carbocycles. The van der Waals surface area contributed by atoms with Crippen LogP contribution in [-0.2, 0) is 19.7 Å². The Bertz CT molecular complexity index is 1180. The predicted octanol–water partition coefficient (Wildman–Crippen LogP) is 6.40. The molecule has 8 heteroatoms. The summed E-state index contributed by atoms with van der Waals surface area (Å²) >= 11 is 18.7. The smallest absolute Gasteiger partial charge is 0.163 e. The summed E-state index contributed by atoms with van der Waals surface area (Å²) < 4.78 is 11.4. The monoisotopic (exact) mass is 475 g/mol. The molecule has 0 unspecified atom stereocenters. The molecule has 31 heavy (non-hydrogen) atoms. The first kappa shape index (κ1) is 21.8. The van der Waals surface area contributed by atoms with Gasteiger partial charge in [0.05, 0.1) is 24.7 Å². The minimum Gasteiger partial charge on any atom is -0.493 e. The molecule has 0 amide bonds. The lowest BCUT2D eigenvalue weighted by molar-refractivity contribution is 0.284. The minimum absolute atomic E-state index is 0.270. The largest absolute Gasteiger partial charge is 0.493 e. The van der Waals surface area contributed by atoms with Crippen molar-refractivity contribution < 1.29 is 9.47 Å². The molecule has 4 aromatic rings. The lowest BCUT2D eigenvalue weighted by atomic mass is 10.2. The number of hydrogen-bond acceptors (Lipinski definition) is 4. The van der Waals surface area contributed by atoms with Crippen LogP contribution in [0.4, 0.5) is 0 Å². The fourth-order valence-corrected chi connectivity index (χ4v) is 3.87. The van der Waals surface area contributed by atoms with Crippen LogP contribution in [0.15, 0.2) is 54.6 Å². The molecule has 0 radical (unpaired) electrons. The summed E-state index contributed by atoms with van der Waals surface area (Å²) in [5.74, 6) is 2.00. The van der Waals surface area contributed by atoms with Gasteiger partial charge in [-0.05, 0) is 35.9 Å². The van der Waals surface area contributed by atoms with E-state index in [2.05, 4.69) is 15.3 Å². The standard InChI is InChI=1S/C23H20Cl3N3O2/c1-30-21-8-15(11-27-12-23-28-19-4-2-3-5-20(19)29-23)18(26)10-22(21)31-13-14-6-7-16(24)9-17(14)25/h2-10,27H,11-13H2,1H3,(H,28,29). The summed E-state index contributed by atoms with van der Waals surface area (Å²) in [6.07, 6.45) is 0. The third-order valence-corrected chi connectivity index (χ3v) is 5.72. The molecule has 3 aromatic carbocycles. The first-order valence-corrected chi connectivity index (χ1v) is 10.7. The Kier molecular flexibility index (Phi) is 6.88. The Hall–Kier alpha value is -2.44. The maximum Gasteiger partial charge on any atom is 0.163 e. The van der Waals surface area contributed by atoms with Gasteiger partial charge < -0.3 is 19.8 Å². The Labute approximate surface area is 195 Å². The number of ether oxygens (including phenoxy) is 2. The van der Waals surface area contributed by atoms with E-state index in [1.807, 2.05) is 36.4 Å². The van der Waals surface area contributed by atoms with Crippen LogP contribution in [0.2, 0.25) is 15.1 Å². The van der Waals surface area contributed by atoms with Gasteiger partial charge in [-0.3, -0.25) is 0 Å². The maximum atomic E-state index is 6.50. The average Bonchev–Trinajstić information content (AvgIpc) is 3.17. The van der Waals surface area contributed by atoms with Crippen molar-refractivity contribution in [2.24, 2.45) is 0 Å². The number of fused-ring (bicyclic) bond motifs is 1. The minimum atomic E-state index is 0.270. The number of hydrogen-bond donors (Lipinski definition) is 2. The Balaban J connectivity index is 1.41. The van der Waals surface area contributed by atoms with Gasteiger partial charge in [0.15, 0.2) is 11.5 Å². The van der Waals surface area contributed by atoms with Crippen molar-refractivity contribution in [3.05, 3.63) is 86.6 Å². The van der Waals surface area contributed by atoms with Gasteiger partial charge in [0.2, 0.25) is 0 Å². The van der Waals surface area contributed by atoms with Crippen LogP contribution >= 0.6 is 34.8 Å². The topological polar surface area (TPSA) is 59.2 Å². The van der Waals surface area contributed by atoms with Crippen molar-refractivity contribution in [1.29, 1.82) is 0 Å². The highest BCUT2D eigenvalue weighted by atomic mass is 35.5. The second-order valence-corrected chi connectivity index (χ2v) is 8.17. The lowest BCUT2D eigenvalue weighted by Gasteiger charge is -2.15. The summed E-state index contributed by atoms with van der Waals surface area (Å²) in [4.78, 5) is 7.86. The van der Waals surface area contributed by atoms with E-state index in [4.69, 9.17) is 44.3 Å². The fourth-order valence-electron chi connectivity index (χ4n) is 3.18. The summed E-state index contributed by atoms with van der Waals surface area (Å²) in [6, 6.07) is 16.8. The summed E-state index contributed by atoms with van der Waals surface area (Å²) in [7, 11) is 1.59. The third-order valence-electron chi connectivity index (χ3n) is 4.78. The number of methoxy groups -OCH3 is 1. The van der Waals surface area contributed by atoms with E-state index in [1.54, 1.807) is 25.3 Å². The van der Waals surface area contributed by atoms with Gasteiger partial charge in [0, 0.05) is 33.2 Å². The molecule has 2 N–H and O–H groups in total. The highest BCUT2D eigenvalue weighted by Crippen LogP contribution is 2.34. The molecular weight excluding hydrogens is 457 g/mol. The molecule has 1 aromatic heterocycles. The van der Waals surface area contributed by atoms with Gasteiger partial charge in [-0.1, -0.05) is 53.0 Å². The van der Waals surface area contributed by atoms with Crippen molar-refractivity contribution >= 4 is 45.8 Å². The van der Waals surface area contributed by atoms with E-state index in [0.717, 1.165) is 28.0 Å². The van der Waals surface area contributed by atoms with Crippen LogP contribution in [0, 0.1) is 0 Å². The zero-order valence-corrected chi connectivity index (χ0v) is 19.0. The maximum absolute atomic E-state index is 6.50. The number of aromatic nitrogens is 2. The van der Waals surface area contributed by atoms with E-state index in [9.17, 15) is 0 Å². The second-order valence-electron chi connectivity index (χ2n) is 6.92. The number of nitrogens with zero attached hydrogens (tertiary/aromatic N) is 1. The number of rotatable bonds is 8. The number of imidazole rings is 1. The van der Waals surface area contributed by atoms with Gasteiger partial charge in [-0.15, -0.1) is 0 Å². The molecule has 0 fully saturated rings. The predicted molar refractivity (Wildman–Crippen MR) is 125 cm³/mol. The van der Waals surface area contributed by atoms with Crippen molar-refractivity contribution in [1.82, 2.24) is 15.3 Å². The number of aromatic amines is 1. The van der Waals surface area contributed by atoms with Crippen LogP contribution in [-0.4, -0.2) is 17.1 Å². The van der Waals surface area contributed by atoms with Crippen LogP contribution in [0.1, 0.15) is 17.0 Å². The summed E-state index contributed by atoms with van der Waals surface area (Å²) in [5, 5.41) is 5.06. The normalized spacial score (nSPS) is 11.1. The number of halogens is 3. The Morgan fingerprint density at radius 3 is 2.48 bits per heavy atom. The number of para-hydroxylation sites is 2. The highest BCUT2D eigenvalue weighted by Gasteiger charge is 2.12. The van der Waals surface area contributed by atoms with Crippen molar-refractivity contribution in [3.8, 4) is 11.5 Å². The molecule has 1 heterocycles. The summed E-state index contributed by atoms with van der Waals surface area (Å²) in [6.45, 7) is 1.41. The van der Waals surface area contributed by atoms with Gasteiger partial charge in [0.25, 0.3) is 0 Å². The fraction of sp³-hybridized carbons (Fsp3) is 0.174. The SMILES string of the molecule is COc1cc(CNCc2nc3ccccc3[nH]2)c(Cl)cc1OCc1ccc(Cl)cc1Cl. The molecule has 0 aliphatic rings. The number of benzene rings is 3. The van der Waals surface area contributed by atoms with Crippen LogP contribution in [0.5, 0.6) is 11.5 Å². The van der Waals surface area contributed by atoms with Crippen LogP contribution in [0.25, 0.3) is 11.0 Å². The van der Waals surface area contributed by atoms with E-state index in [-0.39, 0.29) is 6.61 Å². The molecule has 0 saturated heterocycles. The van der Waals surface area contributed by atoms with Crippen molar-refractivity contribution in [3.63, 3.8) is 0 Å². The zero-order chi connectivity index (χ0) is 21.8. The molecule has 0 aliphatic heterocycles. The lowest BCUT2D eigenvalue weighted by Crippen LogP contribution is -2.14. The molecule has 0 aliphatic carbocycles. The Morgan fingerprint density at radius 1 is 0.903 bits per heavy atom. The molecule has 5 nitrogen and oxygen atoms in total. The molecular formula is C23H20Cl3N3O2. The first-order valence-electron chi connectivity index (χ1n) is 9.61. The van der Waals surface area contributed by atoms with Gasteiger partial charge >= 0.3 is 0 Å². The number of H-pyrrole nitrogens is 1. The van der Waals surface area contributed by atoms with Gasteiger partial charge in [-0.25, -0.2) is 4.98 Å². The van der Waals surface area contributed by atoms with E-state index in [0.29, 0.717) is 39.7 Å². The molecule has 0 atom stereocenters. The van der Waals surface area contributed by atoms with E-state index in [1.165, 1.54) is 0 Å². The first-order chi connectivity index (χ1) is 15.0.